The Kier molecular flexibility index (Phi) is 4.84. The Labute approximate surface area is 154 Å². The molecule has 1 aliphatic rings. The van der Waals surface area contributed by atoms with Crippen LogP contribution in [0.5, 0.6) is 0 Å². The summed E-state index contributed by atoms with van der Waals surface area (Å²) >= 11 is 0. The van der Waals surface area contributed by atoms with Crippen molar-refractivity contribution in [3.05, 3.63) is 58.7 Å². The zero-order valence-corrected chi connectivity index (χ0v) is 17.0. The van der Waals surface area contributed by atoms with Gasteiger partial charge in [0.25, 0.3) is 0 Å². The summed E-state index contributed by atoms with van der Waals surface area (Å²) in [5.74, 6) is 0. The highest BCUT2D eigenvalue weighted by molar-refractivity contribution is 5.77. The van der Waals surface area contributed by atoms with Crippen molar-refractivity contribution < 1.29 is 0 Å². The van der Waals surface area contributed by atoms with Gasteiger partial charge in [-0.3, -0.25) is 0 Å². The summed E-state index contributed by atoms with van der Waals surface area (Å²) in [5.41, 5.74) is 9.75. The van der Waals surface area contributed by atoms with E-state index in [1.54, 1.807) is 0 Å². The summed E-state index contributed by atoms with van der Waals surface area (Å²) in [7, 11) is 0. The molecule has 0 fully saturated rings. The maximum Gasteiger partial charge on any atom is -0.00134 e. The van der Waals surface area contributed by atoms with E-state index in [1.165, 1.54) is 59.1 Å². The molecule has 2 aromatic rings. The highest BCUT2D eigenvalue weighted by Crippen LogP contribution is 2.38. The number of rotatable bonds is 4. The van der Waals surface area contributed by atoms with E-state index in [0.29, 0.717) is 10.8 Å². The second-order valence-electron chi connectivity index (χ2n) is 10.3. The Morgan fingerprint density at radius 1 is 0.640 bits per heavy atom. The average Bonchev–Trinajstić information content (AvgIpc) is 2.87. The first-order valence-corrected chi connectivity index (χ1v) is 9.85. The molecular weight excluding hydrogens is 300 g/mol. The smallest absolute Gasteiger partial charge is 0.00134 e. The Bertz CT molecular complexity index is 685. The van der Waals surface area contributed by atoms with Crippen LogP contribution >= 0.6 is 0 Å². The van der Waals surface area contributed by atoms with Crippen LogP contribution in [-0.4, -0.2) is 0 Å². The summed E-state index contributed by atoms with van der Waals surface area (Å²) in [6.45, 7) is 14.0. The predicted molar refractivity (Wildman–Crippen MR) is 110 cm³/mol. The maximum atomic E-state index is 2.46. The molecule has 0 aliphatic heterocycles. The number of hydrogen-bond donors (Lipinski definition) is 0. The van der Waals surface area contributed by atoms with Crippen LogP contribution in [0.3, 0.4) is 0 Å². The Balaban J connectivity index is 1.83. The van der Waals surface area contributed by atoms with Crippen LogP contribution in [0, 0.1) is 10.8 Å². The van der Waals surface area contributed by atoms with E-state index in [-0.39, 0.29) is 0 Å². The molecule has 0 N–H and O–H groups in total. The van der Waals surface area contributed by atoms with Gasteiger partial charge in [-0.15, -0.1) is 0 Å². The molecule has 0 heterocycles. The fourth-order valence-corrected chi connectivity index (χ4v) is 3.61. The van der Waals surface area contributed by atoms with Crippen LogP contribution in [0.25, 0.3) is 11.1 Å². The lowest BCUT2D eigenvalue weighted by molar-refractivity contribution is 0.378. The molecule has 2 aromatic carbocycles. The molecule has 0 saturated heterocycles. The summed E-state index contributed by atoms with van der Waals surface area (Å²) in [6, 6.07) is 14.3. The van der Waals surface area contributed by atoms with E-state index in [9.17, 15) is 0 Å². The standard InChI is InChI=1S/C25H34/c1-24(2,3)13-11-18-7-9-20-17-21-10-8-19(12-14-25(4,5)6)16-23(21)22(20)15-18/h7-10,15-16H,11-14,17H2,1-6H3. The predicted octanol–water partition coefficient (Wildman–Crippen LogP) is 7.22. The van der Waals surface area contributed by atoms with Gasteiger partial charge in [-0.25, -0.2) is 0 Å². The fraction of sp³-hybridized carbons (Fsp3) is 0.520. The normalized spacial score (nSPS) is 13.7. The van der Waals surface area contributed by atoms with Gasteiger partial charge >= 0.3 is 0 Å². The summed E-state index contributed by atoms with van der Waals surface area (Å²) in [5, 5.41) is 0. The Morgan fingerprint density at radius 3 is 1.40 bits per heavy atom. The van der Waals surface area contributed by atoms with Gasteiger partial charge in [-0.05, 0) is 76.3 Å². The number of hydrogen-bond acceptors (Lipinski definition) is 0. The Hall–Kier alpha value is -1.56. The first-order chi connectivity index (χ1) is 11.6. The topological polar surface area (TPSA) is 0 Å². The zero-order valence-electron chi connectivity index (χ0n) is 17.0. The summed E-state index contributed by atoms with van der Waals surface area (Å²) < 4.78 is 0. The quantitative estimate of drug-likeness (QED) is 0.472. The van der Waals surface area contributed by atoms with E-state index in [2.05, 4.69) is 77.9 Å². The third-order valence-corrected chi connectivity index (χ3v) is 5.35. The van der Waals surface area contributed by atoms with E-state index < -0.39 is 0 Å². The zero-order chi connectivity index (χ0) is 18.2. The van der Waals surface area contributed by atoms with Crippen LogP contribution < -0.4 is 0 Å². The van der Waals surface area contributed by atoms with Crippen molar-refractivity contribution in [2.75, 3.05) is 0 Å². The van der Waals surface area contributed by atoms with Crippen molar-refractivity contribution in [1.29, 1.82) is 0 Å². The Morgan fingerprint density at radius 2 is 1.04 bits per heavy atom. The molecule has 134 valence electrons. The third-order valence-electron chi connectivity index (χ3n) is 5.35. The minimum Gasteiger partial charge on any atom is -0.0602 e. The average molecular weight is 335 g/mol. The molecule has 0 bridgehead atoms. The van der Waals surface area contributed by atoms with Gasteiger partial charge in [0.05, 0.1) is 0 Å². The van der Waals surface area contributed by atoms with E-state index in [4.69, 9.17) is 0 Å². The van der Waals surface area contributed by atoms with Crippen molar-refractivity contribution in [2.24, 2.45) is 10.8 Å². The van der Waals surface area contributed by atoms with Gasteiger partial charge in [-0.2, -0.15) is 0 Å². The second-order valence-corrected chi connectivity index (χ2v) is 10.3. The van der Waals surface area contributed by atoms with E-state index >= 15 is 0 Å². The van der Waals surface area contributed by atoms with Gasteiger partial charge in [-0.1, -0.05) is 77.9 Å². The SMILES string of the molecule is CC(C)(C)CCc1ccc2c(c1)-c1cc(CCC(C)(C)C)ccc1C2. The van der Waals surface area contributed by atoms with E-state index in [1.807, 2.05) is 0 Å². The minimum absolute atomic E-state index is 0.400. The molecule has 3 rings (SSSR count). The highest BCUT2D eigenvalue weighted by atomic mass is 14.2. The third kappa shape index (κ3) is 4.75. The van der Waals surface area contributed by atoms with E-state index in [0.717, 1.165) is 6.42 Å². The summed E-state index contributed by atoms with van der Waals surface area (Å²) in [6.07, 6.45) is 5.93. The molecule has 0 amide bonds. The number of benzene rings is 2. The minimum atomic E-state index is 0.400. The van der Waals surface area contributed by atoms with Crippen LogP contribution in [0.15, 0.2) is 36.4 Å². The molecule has 0 atom stereocenters. The second kappa shape index (κ2) is 6.63. The van der Waals surface area contributed by atoms with Gasteiger partial charge in [0, 0.05) is 0 Å². The lowest BCUT2D eigenvalue weighted by atomic mass is 9.87. The van der Waals surface area contributed by atoms with Gasteiger partial charge < -0.3 is 0 Å². The van der Waals surface area contributed by atoms with Gasteiger partial charge in [0.2, 0.25) is 0 Å². The fourth-order valence-electron chi connectivity index (χ4n) is 3.61. The highest BCUT2D eigenvalue weighted by Gasteiger charge is 2.20. The van der Waals surface area contributed by atoms with Crippen molar-refractivity contribution >= 4 is 0 Å². The molecule has 0 unspecified atom stereocenters. The number of fused-ring (bicyclic) bond motifs is 3. The van der Waals surface area contributed by atoms with Crippen LogP contribution in [0.4, 0.5) is 0 Å². The first-order valence-electron chi connectivity index (χ1n) is 9.85. The summed E-state index contributed by atoms with van der Waals surface area (Å²) in [4.78, 5) is 0. The monoisotopic (exact) mass is 334 g/mol. The van der Waals surface area contributed by atoms with Crippen molar-refractivity contribution in [3.8, 4) is 11.1 Å². The molecule has 0 heteroatoms. The maximum absolute atomic E-state index is 2.46. The van der Waals surface area contributed by atoms with Crippen LogP contribution in [0.2, 0.25) is 0 Å². The van der Waals surface area contributed by atoms with Crippen molar-refractivity contribution in [3.63, 3.8) is 0 Å². The van der Waals surface area contributed by atoms with Crippen molar-refractivity contribution in [1.82, 2.24) is 0 Å². The molecule has 0 radical (unpaired) electrons. The van der Waals surface area contributed by atoms with Gasteiger partial charge in [0.15, 0.2) is 0 Å². The largest absolute Gasteiger partial charge is 0.0602 e. The molecule has 0 aromatic heterocycles. The van der Waals surface area contributed by atoms with Gasteiger partial charge in [0.1, 0.15) is 0 Å². The van der Waals surface area contributed by atoms with Crippen LogP contribution in [-0.2, 0) is 19.3 Å². The molecule has 1 aliphatic carbocycles. The number of aryl methyl sites for hydroxylation is 2. The molecule has 0 spiro atoms. The molecule has 25 heavy (non-hydrogen) atoms. The molecule has 0 nitrogen and oxygen atoms in total. The lowest BCUT2D eigenvalue weighted by Gasteiger charge is -2.18. The van der Waals surface area contributed by atoms with Crippen molar-refractivity contribution in [2.45, 2.75) is 73.6 Å². The van der Waals surface area contributed by atoms with Crippen LogP contribution in [0.1, 0.15) is 76.6 Å². The molecular formula is C25H34. The molecule has 0 saturated carbocycles. The first kappa shape index (κ1) is 18.2. The lowest BCUT2D eigenvalue weighted by Crippen LogP contribution is -2.06.